The molecule has 1 aromatic heterocycles. The third-order valence-electron chi connectivity index (χ3n) is 3.87. The molecular formula is C18H20N4S. The fraction of sp³-hybridized carbons (Fsp3) is 0.222. The van der Waals surface area contributed by atoms with Gasteiger partial charge in [-0.05, 0) is 44.0 Å². The number of hydrogen-bond acceptors (Lipinski definition) is 4. The summed E-state index contributed by atoms with van der Waals surface area (Å²) in [6.07, 6.45) is 0. The summed E-state index contributed by atoms with van der Waals surface area (Å²) in [4.78, 5) is 0. The van der Waals surface area contributed by atoms with Crippen molar-refractivity contribution in [3.8, 4) is 5.69 Å². The third kappa shape index (κ3) is 3.10. The lowest BCUT2D eigenvalue weighted by Gasteiger charge is -2.19. The molecule has 2 aromatic carbocycles. The third-order valence-corrected chi connectivity index (χ3v) is 4.23. The van der Waals surface area contributed by atoms with E-state index in [2.05, 4.69) is 47.6 Å². The van der Waals surface area contributed by atoms with Crippen LogP contribution in [0.5, 0.6) is 0 Å². The topological polar surface area (TPSA) is 42.7 Å². The lowest BCUT2D eigenvalue weighted by molar-refractivity contribution is 0.867. The molecule has 0 amide bonds. The van der Waals surface area contributed by atoms with Gasteiger partial charge in [0.2, 0.25) is 0 Å². The van der Waals surface area contributed by atoms with E-state index in [0.717, 1.165) is 23.0 Å². The monoisotopic (exact) mass is 324 g/mol. The molecule has 118 valence electrons. The summed E-state index contributed by atoms with van der Waals surface area (Å²) in [5.74, 6) is 1.62. The van der Waals surface area contributed by atoms with Crippen molar-refractivity contribution in [2.24, 2.45) is 0 Å². The minimum atomic E-state index is -0.254. The standard InChI is InChI=1S/C18H20N4S/c1-12-8-7-9-13(2)16(12)19-18(23)17-21-20-14(3)22(17)15-10-5-4-6-11-15/h4-11,18-19,23H,1-3H3. The van der Waals surface area contributed by atoms with E-state index in [0.29, 0.717) is 0 Å². The normalized spacial score (nSPS) is 12.2. The number of para-hydroxylation sites is 2. The zero-order chi connectivity index (χ0) is 16.4. The molecule has 0 aliphatic heterocycles. The zero-order valence-electron chi connectivity index (χ0n) is 13.5. The van der Waals surface area contributed by atoms with Crippen LogP contribution in [0.25, 0.3) is 5.69 Å². The molecule has 0 radical (unpaired) electrons. The van der Waals surface area contributed by atoms with Crippen LogP contribution in [0, 0.1) is 20.8 Å². The summed E-state index contributed by atoms with van der Waals surface area (Å²) >= 11 is 4.72. The molecule has 0 fully saturated rings. The first-order valence-corrected chi connectivity index (χ1v) is 8.07. The molecule has 0 aliphatic carbocycles. The molecular weight excluding hydrogens is 304 g/mol. The Hall–Kier alpha value is -2.27. The molecule has 4 nitrogen and oxygen atoms in total. The highest BCUT2D eigenvalue weighted by molar-refractivity contribution is 7.80. The van der Waals surface area contributed by atoms with Crippen LogP contribution < -0.4 is 5.32 Å². The number of hydrogen-bond donors (Lipinski definition) is 2. The largest absolute Gasteiger partial charge is 0.367 e. The predicted octanol–water partition coefficient (Wildman–Crippen LogP) is 4.23. The second-order valence-corrected chi connectivity index (χ2v) is 6.11. The molecule has 1 N–H and O–H groups in total. The van der Waals surface area contributed by atoms with Crippen molar-refractivity contribution in [3.05, 3.63) is 71.3 Å². The predicted molar refractivity (Wildman–Crippen MR) is 97.4 cm³/mol. The lowest BCUT2D eigenvalue weighted by atomic mass is 10.1. The first kappa shape index (κ1) is 15.6. The molecule has 1 atom stereocenters. The van der Waals surface area contributed by atoms with Crippen LogP contribution in [0.15, 0.2) is 48.5 Å². The number of nitrogens with one attached hydrogen (secondary N) is 1. The van der Waals surface area contributed by atoms with E-state index in [-0.39, 0.29) is 5.37 Å². The molecule has 0 spiro atoms. The number of thiol groups is 1. The summed E-state index contributed by atoms with van der Waals surface area (Å²) in [7, 11) is 0. The molecule has 0 bridgehead atoms. The van der Waals surface area contributed by atoms with Gasteiger partial charge in [0.1, 0.15) is 11.2 Å². The minimum Gasteiger partial charge on any atom is -0.367 e. The first-order valence-electron chi connectivity index (χ1n) is 7.56. The van der Waals surface area contributed by atoms with Gasteiger partial charge in [0.15, 0.2) is 5.82 Å². The second kappa shape index (κ2) is 6.46. The highest BCUT2D eigenvalue weighted by Crippen LogP contribution is 2.28. The average molecular weight is 324 g/mol. The van der Waals surface area contributed by atoms with E-state index in [1.54, 1.807) is 0 Å². The summed E-state index contributed by atoms with van der Waals surface area (Å²) in [5, 5.41) is 11.8. The number of aryl methyl sites for hydroxylation is 3. The molecule has 0 aliphatic rings. The quantitative estimate of drug-likeness (QED) is 0.557. The Labute approximate surface area is 142 Å². The van der Waals surface area contributed by atoms with Gasteiger partial charge in [0.25, 0.3) is 0 Å². The van der Waals surface area contributed by atoms with Gasteiger partial charge in [-0.15, -0.1) is 22.8 Å². The maximum Gasteiger partial charge on any atom is 0.170 e. The molecule has 23 heavy (non-hydrogen) atoms. The number of aromatic nitrogens is 3. The average Bonchev–Trinajstić information content (AvgIpc) is 2.93. The minimum absolute atomic E-state index is 0.254. The van der Waals surface area contributed by atoms with E-state index in [1.165, 1.54) is 11.1 Å². The number of rotatable bonds is 4. The second-order valence-electron chi connectivity index (χ2n) is 5.59. The van der Waals surface area contributed by atoms with Crippen LogP contribution in [0.1, 0.15) is 28.1 Å². The lowest BCUT2D eigenvalue weighted by Crippen LogP contribution is -2.13. The SMILES string of the molecule is Cc1cccc(C)c1NC(S)c1nnc(C)n1-c1ccccc1. The maximum absolute atomic E-state index is 4.72. The molecule has 3 aromatic rings. The Morgan fingerprint density at radius 3 is 2.22 bits per heavy atom. The fourth-order valence-electron chi connectivity index (χ4n) is 2.70. The number of nitrogens with zero attached hydrogens (tertiary/aromatic N) is 3. The van der Waals surface area contributed by atoms with Crippen molar-refractivity contribution in [1.82, 2.24) is 14.8 Å². The van der Waals surface area contributed by atoms with Gasteiger partial charge in [-0.2, -0.15) is 0 Å². The van der Waals surface area contributed by atoms with Gasteiger partial charge in [-0.3, -0.25) is 4.57 Å². The van der Waals surface area contributed by atoms with Gasteiger partial charge in [0.05, 0.1) is 0 Å². The van der Waals surface area contributed by atoms with Gasteiger partial charge in [-0.1, -0.05) is 36.4 Å². The van der Waals surface area contributed by atoms with Crippen LogP contribution in [-0.4, -0.2) is 14.8 Å². The summed E-state index contributed by atoms with van der Waals surface area (Å²) in [6, 6.07) is 16.3. The van der Waals surface area contributed by atoms with E-state index in [4.69, 9.17) is 12.6 Å². The summed E-state index contributed by atoms with van der Waals surface area (Å²) < 4.78 is 2.03. The smallest absolute Gasteiger partial charge is 0.170 e. The van der Waals surface area contributed by atoms with E-state index >= 15 is 0 Å². The number of benzene rings is 2. The highest BCUT2D eigenvalue weighted by atomic mass is 32.1. The van der Waals surface area contributed by atoms with Crippen molar-refractivity contribution in [1.29, 1.82) is 0 Å². The van der Waals surface area contributed by atoms with Gasteiger partial charge >= 0.3 is 0 Å². The van der Waals surface area contributed by atoms with E-state index in [9.17, 15) is 0 Å². The van der Waals surface area contributed by atoms with Gasteiger partial charge < -0.3 is 5.32 Å². The van der Waals surface area contributed by atoms with Crippen molar-refractivity contribution in [2.45, 2.75) is 26.1 Å². The van der Waals surface area contributed by atoms with E-state index in [1.807, 2.05) is 41.8 Å². The van der Waals surface area contributed by atoms with Crippen LogP contribution in [0.3, 0.4) is 0 Å². The Bertz CT molecular complexity index is 791. The Morgan fingerprint density at radius 2 is 1.57 bits per heavy atom. The molecule has 1 unspecified atom stereocenters. The maximum atomic E-state index is 4.72. The zero-order valence-corrected chi connectivity index (χ0v) is 14.4. The van der Waals surface area contributed by atoms with Gasteiger partial charge in [-0.25, -0.2) is 0 Å². The van der Waals surface area contributed by atoms with Crippen LogP contribution in [-0.2, 0) is 0 Å². The molecule has 0 saturated heterocycles. The summed E-state index contributed by atoms with van der Waals surface area (Å²) in [5.41, 5.74) is 4.50. The highest BCUT2D eigenvalue weighted by Gasteiger charge is 2.18. The van der Waals surface area contributed by atoms with Crippen molar-refractivity contribution < 1.29 is 0 Å². The van der Waals surface area contributed by atoms with Crippen molar-refractivity contribution >= 4 is 18.3 Å². The van der Waals surface area contributed by atoms with Crippen molar-refractivity contribution in [2.75, 3.05) is 5.32 Å². The molecule has 3 rings (SSSR count). The van der Waals surface area contributed by atoms with Crippen LogP contribution in [0.4, 0.5) is 5.69 Å². The fourth-order valence-corrected chi connectivity index (χ4v) is 2.99. The Kier molecular flexibility index (Phi) is 4.39. The summed E-state index contributed by atoms with van der Waals surface area (Å²) in [6.45, 7) is 6.12. The Balaban J connectivity index is 1.97. The molecule has 5 heteroatoms. The van der Waals surface area contributed by atoms with Crippen molar-refractivity contribution in [3.63, 3.8) is 0 Å². The first-order chi connectivity index (χ1) is 11.1. The number of anilines is 1. The molecule has 1 heterocycles. The van der Waals surface area contributed by atoms with Gasteiger partial charge in [0, 0.05) is 11.4 Å². The van der Waals surface area contributed by atoms with E-state index < -0.39 is 0 Å². The Morgan fingerprint density at radius 1 is 0.913 bits per heavy atom. The van der Waals surface area contributed by atoms with Crippen LogP contribution in [0.2, 0.25) is 0 Å². The van der Waals surface area contributed by atoms with Crippen LogP contribution >= 0.6 is 12.6 Å². The molecule has 0 saturated carbocycles.